The lowest BCUT2D eigenvalue weighted by Gasteiger charge is -2.18. The predicted octanol–water partition coefficient (Wildman–Crippen LogP) is 3.73. The van der Waals surface area contributed by atoms with Crippen LogP contribution in [-0.2, 0) is 11.2 Å². The molecule has 1 amide bonds. The molecule has 1 aliphatic heterocycles. The van der Waals surface area contributed by atoms with Crippen molar-refractivity contribution in [3.05, 3.63) is 47.5 Å². The Bertz CT molecular complexity index is 798. The number of amides is 1. The Balaban J connectivity index is 1.66. The van der Waals surface area contributed by atoms with Gasteiger partial charge in [-0.2, -0.15) is 0 Å². The molecule has 1 heterocycles. The molecule has 0 bridgehead atoms. The molecular weight excluding hydrogens is 318 g/mol. The first-order chi connectivity index (χ1) is 11.9. The molecule has 1 aliphatic rings. The van der Waals surface area contributed by atoms with E-state index in [1.807, 2.05) is 57.2 Å². The van der Waals surface area contributed by atoms with Gasteiger partial charge < -0.3 is 19.5 Å². The fourth-order valence-corrected chi connectivity index (χ4v) is 2.93. The lowest BCUT2D eigenvalue weighted by molar-refractivity contribution is -0.118. The van der Waals surface area contributed by atoms with Crippen molar-refractivity contribution in [3.63, 3.8) is 0 Å². The zero-order valence-electron chi connectivity index (χ0n) is 15.0. The van der Waals surface area contributed by atoms with Crippen LogP contribution in [0.4, 0.5) is 5.69 Å². The molecule has 1 N–H and O–H groups in total. The van der Waals surface area contributed by atoms with Crippen LogP contribution in [0.25, 0.3) is 0 Å². The van der Waals surface area contributed by atoms with E-state index >= 15 is 0 Å². The Kier molecular flexibility index (Phi) is 4.57. The largest absolute Gasteiger partial charge is 0.495 e. The van der Waals surface area contributed by atoms with Crippen molar-refractivity contribution < 1.29 is 19.0 Å². The number of nitrogens with one attached hydrogen (secondary N) is 1. The maximum Gasteiger partial charge on any atom is 0.262 e. The third-order valence-corrected chi connectivity index (χ3v) is 4.04. The van der Waals surface area contributed by atoms with Crippen molar-refractivity contribution in [2.45, 2.75) is 32.8 Å². The number of carbonyl (C=O) groups excluding carboxylic acids is 1. The van der Waals surface area contributed by atoms with Crippen LogP contribution < -0.4 is 19.5 Å². The standard InChI is InChI=1S/C20H23NO4/c1-13-8-9-15(17(10-13)23-4)21-18(22)12-24-16-7-5-6-14-11-20(2,3)25-19(14)16/h5-10H,11-12H2,1-4H3,(H,21,22). The molecule has 0 saturated heterocycles. The van der Waals surface area contributed by atoms with Crippen LogP contribution in [0.5, 0.6) is 17.2 Å². The maximum absolute atomic E-state index is 12.2. The number of hydrogen-bond donors (Lipinski definition) is 1. The van der Waals surface area contributed by atoms with Gasteiger partial charge in [0.15, 0.2) is 18.1 Å². The van der Waals surface area contributed by atoms with Gasteiger partial charge >= 0.3 is 0 Å². The van der Waals surface area contributed by atoms with E-state index < -0.39 is 0 Å². The fourth-order valence-electron chi connectivity index (χ4n) is 2.93. The molecule has 0 aliphatic carbocycles. The minimum atomic E-state index is -0.253. The maximum atomic E-state index is 12.2. The van der Waals surface area contributed by atoms with Crippen LogP contribution in [0.3, 0.4) is 0 Å². The second-order valence-electron chi connectivity index (χ2n) is 6.82. The summed E-state index contributed by atoms with van der Waals surface area (Å²) < 4.78 is 16.9. The molecule has 2 aromatic rings. The molecule has 132 valence electrons. The third kappa shape index (κ3) is 3.87. The molecule has 5 nitrogen and oxygen atoms in total. The van der Waals surface area contributed by atoms with Crippen LogP contribution in [0.15, 0.2) is 36.4 Å². The van der Waals surface area contributed by atoms with E-state index in [4.69, 9.17) is 14.2 Å². The number of para-hydroxylation sites is 1. The first-order valence-corrected chi connectivity index (χ1v) is 8.26. The second kappa shape index (κ2) is 6.67. The molecule has 0 spiro atoms. The fraction of sp³-hybridized carbons (Fsp3) is 0.350. The highest BCUT2D eigenvalue weighted by atomic mass is 16.5. The van der Waals surface area contributed by atoms with Gasteiger partial charge in [0.1, 0.15) is 11.4 Å². The number of aryl methyl sites for hydroxylation is 1. The van der Waals surface area contributed by atoms with Crippen LogP contribution >= 0.6 is 0 Å². The predicted molar refractivity (Wildman–Crippen MR) is 96.7 cm³/mol. The van der Waals surface area contributed by atoms with Crippen LogP contribution in [0, 0.1) is 6.92 Å². The van der Waals surface area contributed by atoms with Gasteiger partial charge in [0.2, 0.25) is 0 Å². The van der Waals surface area contributed by atoms with E-state index in [2.05, 4.69) is 5.32 Å². The zero-order valence-corrected chi connectivity index (χ0v) is 15.0. The molecular formula is C20H23NO4. The van der Waals surface area contributed by atoms with Gasteiger partial charge in [-0.05, 0) is 44.5 Å². The number of ether oxygens (including phenoxy) is 3. The van der Waals surface area contributed by atoms with Crippen molar-refractivity contribution in [1.82, 2.24) is 0 Å². The number of methoxy groups -OCH3 is 1. The lowest BCUT2D eigenvalue weighted by Crippen LogP contribution is -2.25. The van der Waals surface area contributed by atoms with Gasteiger partial charge in [0.05, 0.1) is 12.8 Å². The summed E-state index contributed by atoms with van der Waals surface area (Å²) in [6.07, 6.45) is 0.826. The zero-order chi connectivity index (χ0) is 18.0. The molecule has 2 aromatic carbocycles. The summed E-state index contributed by atoms with van der Waals surface area (Å²) in [6.45, 7) is 5.94. The number of carbonyl (C=O) groups is 1. The SMILES string of the molecule is COc1cc(C)ccc1NC(=O)COc1cccc2c1OC(C)(C)C2. The summed E-state index contributed by atoms with van der Waals surface area (Å²) in [4.78, 5) is 12.2. The minimum Gasteiger partial charge on any atom is -0.495 e. The van der Waals surface area contributed by atoms with Crippen LogP contribution in [-0.4, -0.2) is 25.2 Å². The third-order valence-electron chi connectivity index (χ3n) is 4.04. The van der Waals surface area contributed by atoms with Crippen molar-refractivity contribution in [2.24, 2.45) is 0 Å². The second-order valence-corrected chi connectivity index (χ2v) is 6.82. The molecule has 0 unspecified atom stereocenters. The normalized spacial score (nSPS) is 14.4. The molecule has 25 heavy (non-hydrogen) atoms. The Morgan fingerprint density at radius 3 is 2.80 bits per heavy atom. The quantitative estimate of drug-likeness (QED) is 0.900. The molecule has 0 fully saturated rings. The monoisotopic (exact) mass is 341 g/mol. The number of rotatable bonds is 5. The molecule has 0 radical (unpaired) electrons. The van der Waals surface area contributed by atoms with Crippen LogP contribution in [0.1, 0.15) is 25.0 Å². The number of benzene rings is 2. The average Bonchev–Trinajstić information content (AvgIpc) is 2.88. The Morgan fingerprint density at radius 1 is 1.24 bits per heavy atom. The van der Waals surface area contributed by atoms with Crippen LogP contribution in [0.2, 0.25) is 0 Å². The smallest absolute Gasteiger partial charge is 0.262 e. The van der Waals surface area contributed by atoms with Gasteiger partial charge in [-0.25, -0.2) is 0 Å². The van der Waals surface area contributed by atoms with E-state index in [-0.39, 0.29) is 18.1 Å². The summed E-state index contributed by atoms with van der Waals surface area (Å²) in [5.74, 6) is 1.69. The highest BCUT2D eigenvalue weighted by molar-refractivity contribution is 5.93. The molecule has 3 rings (SSSR count). The average molecular weight is 341 g/mol. The van der Waals surface area contributed by atoms with Gasteiger partial charge in [-0.1, -0.05) is 18.2 Å². The Hall–Kier alpha value is -2.69. The minimum absolute atomic E-state index is 0.0999. The highest BCUT2D eigenvalue weighted by Gasteiger charge is 2.32. The number of anilines is 1. The number of hydrogen-bond acceptors (Lipinski definition) is 4. The van der Waals surface area contributed by atoms with Crippen molar-refractivity contribution in [3.8, 4) is 17.2 Å². The summed E-state index contributed by atoms with van der Waals surface area (Å²) in [5.41, 5.74) is 2.53. The Morgan fingerprint density at radius 2 is 2.04 bits per heavy atom. The summed E-state index contributed by atoms with van der Waals surface area (Å²) in [5, 5.41) is 2.81. The van der Waals surface area contributed by atoms with Crippen molar-refractivity contribution in [1.29, 1.82) is 0 Å². The molecule has 0 saturated carbocycles. The summed E-state index contributed by atoms with van der Waals surface area (Å²) in [7, 11) is 1.58. The first kappa shape index (κ1) is 17.1. The summed E-state index contributed by atoms with van der Waals surface area (Å²) >= 11 is 0. The van der Waals surface area contributed by atoms with E-state index in [1.165, 1.54) is 0 Å². The van der Waals surface area contributed by atoms with Crippen molar-refractivity contribution in [2.75, 3.05) is 19.0 Å². The molecule has 0 aromatic heterocycles. The Labute approximate surface area is 147 Å². The molecule has 5 heteroatoms. The van der Waals surface area contributed by atoms with E-state index in [0.717, 1.165) is 23.3 Å². The van der Waals surface area contributed by atoms with Gasteiger partial charge in [-0.3, -0.25) is 4.79 Å². The first-order valence-electron chi connectivity index (χ1n) is 8.26. The molecule has 0 atom stereocenters. The van der Waals surface area contributed by atoms with Gasteiger partial charge in [0.25, 0.3) is 5.91 Å². The van der Waals surface area contributed by atoms with E-state index in [0.29, 0.717) is 17.2 Å². The summed E-state index contributed by atoms with van der Waals surface area (Å²) in [6, 6.07) is 11.4. The number of fused-ring (bicyclic) bond motifs is 1. The van der Waals surface area contributed by atoms with E-state index in [9.17, 15) is 4.79 Å². The topological polar surface area (TPSA) is 56.8 Å². The van der Waals surface area contributed by atoms with E-state index in [1.54, 1.807) is 7.11 Å². The van der Waals surface area contributed by atoms with Gasteiger partial charge in [0, 0.05) is 12.0 Å². The highest BCUT2D eigenvalue weighted by Crippen LogP contribution is 2.41. The van der Waals surface area contributed by atoms with Crippen molar-refractivity contribution >= 4 is 11.6 Å². The lowest BCUT2D eigenvalue weighted by atomic mass is 10.0. The van der Waals surface area contributed by atoms with Gasteiger partial charge in [-0.15, -0.1) is 0 Å².